The van der Waals surface area contributed by atoms with Crippen LogP contribution in [0.25, 0.3) is 16.8 Å². The molecule has 0 aliphatic carbocycles. The van der Waals surface area contributed by atoms with Crippen molar-refractivity contribution in [1.82, 2.24) is 19.6 Å². The summed E-state index contributed by atoms with van der Waals surface area (Å²) >= 11 is 0. The van der Waals surface area contributed by atoms with Gasteiger partial charge in [0, 0.05) is 44.1 Å². The summed E-state index contributed by atoms with van der Waals surface area (Å²) in [6, 6.07) is 7.68. The lowest BCUT2D eigenvalue weighted by Gasteiger charge is -2.28. The molecule has 4 rings (SSSR count). The lowest BCUT2D eigenvalue weighted by Crippen LogP contribution is -2.45. The van der Waals surface area contributed by atoms with Gasteiger partial charge in [-0.2, -0.15) is 0 Å². The standard InChI is InChI=1S/C24H28N6O.C2H6/c1-5-22(28-27-18(4)29-10-8-25-9-11-29)21-7-6-19(13-23(21)31)20-12-16(2)24-26-17(3)14-30(24)15-20;1-2/h5-7,12-15,25,31H,1,8-11H2,2-4H3;1-2H3/b27-18+,28-22+;. The van der Waals surface area contributed by atoms with Gasteiger partial charge in [-0.25, -0.2) is 4.98 Å². The van der Waals surface area contributed by atoms with Crippen LogP contribution in [-0.4, -0.2) is 57.1 Å². The van der Waals surface area contributed by atoms with Crippen molar-refractivity contribution < 1.29 is 5.11 Å². The highest BCUT2D eigenvalue weighted by atomic mass is 16.3. The summed E-state index contributed by atoms with van der Waals surface area (Å²) in [7, 11) is 0. The number of pyridine rings is 1. The van der Waals surface area contributed by atoms with Crippen LogP contribution in [0.5, 0.6) is 5.75 Å². The number of nitrogens with one attached hydrogen (secondary N) is 1. The Kier molecular flexibility index (Phi) is 8.01. The third-order valence-electron chi connectivity index (χ3n) is 5.53. The van der Waals surface area contributed by atoms with E-state index in [4.69, 9.17) is 0 Å². The average molecular weight is 447 g/mol. The van der Waals surface area contributed by atoms with E-state index >= 15 is 0 Å². The number of imidazole rings is 1. The third kappa shape index (κ3) is 5.49. The summed E-state index contributed by atoms with van der Waals surface area (Å²) < 4.78 is 2.02. The van der Waals surface area contributed by atoms with Crippen molar-refractivity contribution in [2.75, 3.05) is 26.2 Å². The Balaban J connectivity index is 0.00000149. The molecule has 1 aliphatic heterocycles. The zero-order chi connectivity index (χ0) is 24.0. The maximum atomic E-state index is 10.7. The van der Waals surface area contributed by atoms with Crippen molar-refractivity contribution >= 4 is 17.2 Å². The highest BCUT2D eigenvalue weighted by Gasteiger charge is 2.13. The third-order valence-corrected chi connectivity index (χ3v) is 5.53. The molecule has 0 amide bonds. The van der Waals surface area contributed by atoms with Gasteiger partial charge in [0.25, 0.3) is 0 Å². The molecule has 7 nitrogen and oxygen atoms in total. The monoisotopic (exact) mass is 446 g/mol. The maximum absolute atomic E-state index is 10.7. The van der Waals surface area contributed by atoms with Crippen LogP contribution in [0.15, 0.2) is 59.5 Å². The number of phenols is 1. The first-order chi connectivity index (χ1) is 16.0. The molecular weight excluding hydrogens is 412 g/mol. The van der Waals surface area contributed by atoms with Gasteiger partial charge in [-0.15, -0.1) is 10.2 Å². The van der Waals surface area contributed by atoms with Crippen LogP contribution in [0.1, 0.15) is 37.6 Å². The second-order valence-electron chi connectivity index (χ2n) is 7.83. The summed E-state index contributed by atoms with van der Waals surface area (Å²) in [6.07, 6.45) is 5.65. The normalized spacial score (nSPS) is 14.8. The van der Waals surface area contributed by atoms with E-state index in [1.165, 1.54) is 0 Å². The van der Waals surface area contributed by atoms with Crippen molar-refractivity contribution in [2.45, 2.75) is 34.6 Å². The Labute approximate surface area is 196 Å². The number of piperazine rings is 1. The van der Waals surface area contributed by atoms with Crippen LogP contribution in [0.3, 0.4) is 0 Å². The first kappa shape index (κ1) is 24.2. The van der Waals surface area contributed by atoms with Gasteiger partial charge in [-0.05, 0) is 61.7 Å². The molecule has 1 fully saturated rings. The van der Waals surface area contributed by atoms with Gasteiger partial charge in [-0.1, -0.05) is 26.5 Å². The number of allylic oxidation sites excluding steroid dienone is 1. The molecule has 3 heterocycles. The summed E-state index contributed by atoms with van der Waals surface area (Å²) in [6.45, 7) is 17.5. The summed E-state index contributed by atoms with van der Waals surface area (Å²) in [5.74, 6) is 1.00. The van der Waals surface area contributed by atoms with Gasteiger partial charge in [0.05, 0.1) is 11.4 Å². The SMILES string of the molecule is C=C/C(=N\N=C(/C)N1CCNCC1)c1ccc(-c2cc(C)c3nc(C)cn3c2)cc1O.CC. The van der Waals surface area contributed by atoms with E-state index in [-0.39, 0.29) is 5.75 Å². The zero-order valence-corrected chi connectivity index (χ0v) is 20.3. The predicted octanol–water partition coefficient (Wildman–Crippen LogP) is 4.56. The summed E-state index contributed by atoms with van der Waals surface area (Å²) in [5.41, 5.74) is 6.07. The predicted molar refractivity (Wildman–Crippen MR) is 137 cm³/mol. The van der Waals surface area contributed by atoms with E-state index in [9.17, 15) is 5.11 Å². The molecule has 1 aliphatic rings. The number of hydrogen-bond acceptors (Lipinski definition) is 5. The van der Waals surface area contributed by atoms with Crippen LogP contribution in [0.2, 0.25) is 0 Å². The molecule has 2 aromatic heterocycles. The molecular formula is C26H34N6O. The lowest BCUT2D eigenvalue weighted by atomic mass is 10.0. The fraction of sp³-hybridized carbons (Fsp3) is 0.346. The van der Waals surface area contributed by atoms with E-state index in [1.54, 1.807) is 12.1 Å². The summed E-state index contributed by atoms with van der Waals surface area (Å²) in [4.78, 5) is 6.74. The number of fused-ring (bicyclic) bond motifs is 1. The van der Waals surface area contributed by atoms with Gasteiger partial charge in [-0.3, -0.25) is 0 Å². The van der Waals surface area contributed by atoms with Crippen LogP contribution in [0, 0.1) is 13.8 Å². The highest BCUT2D eigenvalue weighted by Crippen LogP contribution is 2.29. The van der Waals surface area contributed by atoms with Gasteiger partial charge < -0.3 is 19.7 Å². The first-order valence-corrected chi connectivity index (χ1v) is 11.5. The highest BCUT2D eigenvalue weighted by molar-refractivity contribution is 6.10. The number of rotatable bonds is 4. The minimum absolute atomic E-state index is 0.144. The smallest absolute Gasteiger partial charge is 0.139 e. The Morgan fingerprint density at radius 3 is 2.48 bits per heavy atom. The Hall–Kier alpha value is -3.45. The maximum Gasteiger partial charge on any atom is 0.139 e. The fourth-order valence-electron chi connectivity index (χ4n) is 3.86. The number of benzene rings is 1. The number of nitrogens with zero attached hydrogens (tertiary/aromatic N) is 5. The largest absolute Gasteiger partial charge is 0.507 e. The van der Waals surface area contributed by atoms with E-state index < -0.39 is 0 Å². The van der Waals surface area contributed by atoms with E-state index in [1.807, 2.05) is 63.5 Å². The molecule has 0 spiro atoms. The molecule has 0 saturated carbocycles. The second kappa shape index (κ2) is 10.9. The molecule has 0 radical (unpaired) electrons. The Morgan fingerprint density at radius 2 is 1.82 bits per heavy atom. The van der Waals surface area contributed by atoms with Crippen molar-refractivity contribution in [3.8, 4) is 16.9 Å². The number of phenolic OH excluding ortho intramolecular Hbond substituents is 1. The van der Waals surface area contributed by atoms with Crippen molar-refractivity contribution in [3.63, 3.8) is 0 Å². The van der Waals surface area contributed by atoms with Crippen molar-refractivity contribution in [1.29, 1.82) is 0 Å². The van der Waals surface area contributed by atoms with Crippen LogP contribution < -0.4 is 5.32 Å². The second-order valence-corrected chi connectivity index (χ2v) is 7.83. The van der Waals surface area contributed by atoms with Crippen molar-refractivity contribution in [3.05, 3.63) is 66.1 Å². The van der Waals surface area contributed by atoms with E-state index in [0.29, 0.717) is 11.3 Å². The molecule has 3 aromatic rings. The quantitative estimate of drug-likeness (QED) is 0.350. The number of hydrogen-bond donors (Lipinski definition) is 2. The van der Waals surface area contributed by atoms with Crippen LogP contribution in [-0.2, 0) is 0 Å². The molecule has 1 saturated heterocycles. The molecule has 174 valence electrons. The average Bonchev–Trinajstić information content (AvgIpc) is 3.22. The van der Waals surface area contributed by atoms with Crippen LogP contribution in [0.4, 0.5) is 0 Å². The number of aromatic nitrogens is 2. The van der Waals surface area contributed by atoms with Crippen LogP contribution >= 0.6 is 0 Å². The lowest BCUT2D eigenvalue weighted by molar-refractivity contribution is 0.355. The van der Waals surface area contributed by atoms with Gasteiger partial charge in [0.15, 0.2) is 0 Å². The molecule has 33 heavy (non-hydrogen) atoms. The number of aryl methyl sites for hydroxylation is 2. The van der Waals surface area contributed by atoms with Gasteiger partial charge in [0.2, 0.25) is 0 Å². The molecule has 0 unspecified atom stereocenters. The molecule has 0 bridgehead atoms. The molecule has 1 aromatic carbocycles. The molecule has 7 heteroatoms. The minimum Gasteiger partial charge on any atom is -0.507 e. The number of aromatic hydroxyl groups is 1. The Bertz CT molecular complexity index is 1180. The van der Waals surface area contributed by atoms with E-state index in [2.05, 4.69) is 38.0 Å². The molecule has 0 atom stereocenters. The summed E-state index contributed by atoms with van der Waals surface area (Å²) in [5, 5.41) is 22.8. The Morgan fingerprint density at radius 1 is 1.09 bits per heavy atom. The fourth-order valence-corrected chi connectivity index (χ4v) is 3.86. The first-order valence-electron chi connectivity index (χ1n) is 11.5. The van der Waals surface area contributed by atoms with Gasteiger partial charge >= 0.3 is 0 Å². The zero-order valence-electron chi connectivity index (χ0n) is 20.3. The number of amidine groups is 1. The minimum atomic E-state index is 0.144. The molecule has 2 N–H and O–H groups in total. The van der Waals surface area contributed by atoms with Crippen molar-refractivity contribution in [2.24, 2.45) is 10.2 Å². The topological polar surface area (TPSA) is 77.5 Å². The van der Waals surface area contributed by atoms with E-state index in [0.717, 1.165) is 60.0 Å². The van der Waals surface area contributed by atoms with Gasteiger partial charge in [0.1, 0.15) is 17.2 Å².